The van der Waals surface area contributed by atoms with Gasteiger partial charge in [-0.05, 0) is 131 Å². The fourth-order valence-electron chi connectivity index (χ4n) is 11.7. The smallest absolute Gasteiger partial charge is 1.00 e. The number of carbonyl (C=O) groups excluding carboxylic acids is 4. The van der Waals surface area contributed by atoms with E-state index in [0.29, 0.717) is 65.0 Å². The third-order valence-corrected chi connectivity index (χ3v) is 21.6. The molecule has 113 heavy (non-hydrogen) atoms. The van der Waals surface area contributed by atoms with Gasteiger partial charge in [-0.1, -0.05) is 25.6 Å². The molecule has 601 valence electrons. The van der Waals surface area contributed by atoms with Gasteiger partial charge < -0.3 is 76.3 Å². The van der Waals surface area contributed by atoms with Crippen LogP contribution >= 0.6 is 69.4 Å². The Morgan fingerprint density at radius 3 is 1.35 bits per heavy atom. The molecule has 3 radical (unpaired) electrons. The van der Waals surface area contributed by atoms with Crippen LogP contribution < -0.4 is 95.8 Å². The number of thiophene rings is 4. The summed E-state index contributed by atoms with van der Waals surface area (Å²) in [6, 6.07) is 37.4. The maximum absolute atomic E-state index is 11.7. The van der Waals surface area contributed by atoms with Gasteiger partial charge in [0.1, 0.15) is 14.6 Å². The first kappa shape index (κ1) is 97.3. The van der Waals surface area contributed by atoms with Crippen molar-refractivity contribution in [1.82, 2.24) is 20.3 Å². The largest absolute Gasteiger partial charge is 1.00 e. The normalized spacial score (nSPS) is 13.5. The minimum Gasteiger partial charge on any atom is -1.00 e. The third kappa shape index (κ3) is 28.1. The number of aromatic nitrogens is 2. The number of ether oxygens (including phenoxy) is 11. The number of aliphatic hydroxyl groups excluding tert-OH is 1. The van der Waals surface area contributed by atoms with Crippen molar-refractivity contribution in [3.8, 4) is 52.1 Å². The summed E-state index contributed by atoms with van der Waals surface area (Å²) in [6.07, 6.45) is 13.0. The molecule has 0 fully saturated rings. The number of methoxy groups -OCH3 is 3. The van der Waals surface area contributed by atoms with Crippen LogP contribution in [-0.2, 0) is 65.7 Å². The number of fused-ring (bicyclic) bond motifs is 8. The number of nitrogens with one attached hydrogen (secondary N) is 1. The molecular weight excluding hydrogens is 1600 g/mol. The number of hydrogen-bond acceptors (Lipinski definition) is 27. The molecule has 6 aliphatic rings. The number of benzene rings is 4. The Morgan fingerprint density at radius 2 is 0.929 bits per heavy atom. The number of hydroxylamine groups is 1. The summed E-state index contributed by atoms with van der Waals surface area (Å²) in [5.41, 5.74) is 8.80. The molecule has 6 aliphatic heterocycles. The zero-order chi connectivity index (χ0) is 76.7. The van der Waals surface area contributed by atoms with Crippen LogP contribution in [0.15, 0.2) is 134 Å². The molecule has 0 saturated heterocycles. The van der Waals surface area contributed by atoms with Crippen molar-refractivity contribution in [3.63, 3.8) is 0 Å². The number of esters is 3. The van der Waals surface area contributed by atoms with Crippen LogP contribution in [0.25, 0.3) is 20.2 Å². The van der Waals surface area contributed by atoms with Crippen LogP contribution in [-0.4, -0.2) is 157 Å². The molecular formula is C79H93BCl3N7NaO18S4. The van der Waals surface area contributed by atoms with Gasteiger partial charge in [0.15, 0.2) is 64.9 Å². The van der Waals surface area contributed by atoms with E-state index in [9.17, 15) is 19.2 Å². The number of pyridine rings is 2. The van der Waals surface area contributed by atoms with Gasteiger partial charge in [-0.15, -0.1) is 69.4 Å². The number of carbonyl (C=O) groups is 4. The van der Waals surface area contributed by atoms with Crippen LogP contribution in [0.5, 0.6) is 46.0 Å². The Morgan fingerprint density at radius 1 is 0.566 bits per heavy atom. The van der Waals surface area contributed by atoms with E-state index in [1.165, 1.54) is 94.3 Å². The number of aliphatic hydroxyl groups is 1. The first-order chi connectivity index (χ1) is 52.8. The number of nitrogens with two attached hydrogens (primary N) is 1. The van der Waals surface area contributed by atoms with E-state index in [0.717, 1.165) is 182 Å². The fourth-order valence-corrected chi connectivity index (χ4v) is 16.2. The van der Waals surface area contributed by atoms with Crippen molar-refractivity contribution in [2.75, 3.05) is 94.4 Å². The number of alkyl halides is 1. The Balaban J connectivity index is 0.000000365. The number of nitrogens with zero attached hydrogens (tertiary/aromatic N) is 5. The van der Waals surface area contributed by atoms with Gasteiger partial charge in [0.25, 0.3) is 5.91 Å². The second-order valence-electron chi connectivity index (χ2n) is 24.2. The van der Waals surface area contributed by atoms with E-state index < -0.39 is 5.91 Å². The molecule has 0 bridgehead atoms. The van der Waals surface area contributed by atoms with Gasteiger partial charge in [-0.25, -0.2) is 25.8 Å². The van der Waals surface area contributed by atoms with Crippen molar-refractivity contribution in [3.05, 3.63) is 197 Å². The van der Waals surface area contributed by atoms with Crippen LogP contribution in [0.4, 0.5) is 0 Å². The Labute approximate surface area is 716 Å². The predicted octanol–water partition coefficient (Wildman–Crippen LogP) is 7.97. The van der Waals surface area contributed by atoms with E-state index >= 15 is 0 Å². The van der Waals surface area contributed by atoms with Gasteiger partial charge in [0.05, 0.1) is 94.5 Å². The van der Waals surface area contributed by atoms with Crippen molar-refractivity contribution in [1.29, 1.82) is 5.26 Å². The Hall–Kier alpha value is -8.04. The number of nitriles is 1. The summed E-state index contributed by atoms with van der Waals surface area (Å²) in [4.78, 5) is 59.8. The Kier molecular flexibility index (Phi) is 44.0. The molecule has 12 heterocycles. The number of rotatable bonds is 11. The minimum atomic E-state index is -0.436. The number of halogens is 3. The molecule has 1 amide bonds. The molecule has 0 spiro atoms. The van der Waals surface area contributed by atoms with E-state index in [1.54, 1.807) is 35.3 Å². The predicted molar refractivity (Wildman–Crippen MR) is 432 cm³/mol. The molecule has 25 nitrogen and oxygen atoms in total. The van der Waals surface area contributed by atoms with Crippen molar-refractivity contribution < 1.29 is 135 Å². The average Bonchev–Trinajstić information content (AvgIpc) is 1.33. The molecule has 6 N–H and O–H groups in total. The van der Waals surface area contributed by atoms with Gasteiger partial charge in [-0.3, -0.25) is 24.8 Å². The summed E-state index contributed by atoms with van der Waals surface area (Å²) in [7, 11) is 5.21. The first-order valence-electron chi connectivity index (χ1n) is 34.6. The first-order valence-corrected chi connectivity index (χ1v) is 38.4. The molecule has 34 heteroatoms. The van der Waals surface area contributed by atoms with Crippen LogP contribution in [0.3, 0.4) is 0 Å². The van der Waals surface area contributed by atoms with E-state index in [-0.39, 0.29) is 89.5 Å². The third-order valence-electron chi connectivity index (χ3n) is 16.8. The second-order valence-corrected chi connectivity index (χ2v) is 28.9. The molecule has 0 atom stereocenters. The summed E-state index contributed by atoms with van der Waals surface area (Å²) in [6.45, 7) is 13.1. The SMILES string of the molecule is C.CC#N.CO.COC(=O)c1cc2c(s1)CN(Cc1ccc3c(c1)OCCCO3)CC2.COC(=O)c1cc2cc[n+](Cc3ccc4c(c3)OCCCO4)cc2s1.COC(=O)c1cc2ccncc2s1.Cl.ClCc1ccc2c(c1)OCCCO2.NO.O=C(NO)c1cc2c(s1)CN(Cc1ccc3c(c1)OCCCO3)CC2.[B].[Cl-].[H-].[Na+]. The number of amides is 1. The van der Waals surface area contributed by atoms with Gasteiger partial charge in [0, 0.05) is 132 Å². The summed E-state index contributed by atoms with van der Waals surface area (Å²) in [5, 5.41) is 31.7. The Bertz CT molecular complexity index is 4530. The molecule has 0 saturated carbocycles. The van der Waals surface area contributed by atoms with Gasteiger partial charge >= 0.3 is 47.5 Å². The molecule has 10 aromatic rings. The van der Waals surface area contributed by atoms with Crippen molar-refractivity contribution in [2.45, 2.75) is 91.5 Å². The molecule has 4 aromatic carbocycles. The van der Waals surface area contributed by atoms with Gasteiger partial charge in [0.2, 0.25) is 0 Å². The zero-order valence-corrected chi connectivity index (χ0v) is 70.5. The number of hydrogen-bond donors (Lipinski definition) is 5. The van der Waals surface area contributed by atoms with Gasteiger partial charge in [-0.2, -0.15) is 9.83 Å². The maximum atomic E-state index is 11.7. The maximum Gasteiger partial charge on any atom is 1.00 e. The minimum absolute atomic E-state index is 0. The molecule has 16 rings (SSSR count). The summed E-state index contributed by atoms with van der Waals surface area (Å²) in [5.74, 6) is 9.33. The second kappa shape index (κ2) is 51.0. The van der Waals surface area contributed by atoms with E-state index in [4.69, 9.17) is 79.8 Å². The van der Waals surface area contributed by atoms with Crippen LogP contribution in [0.1, 0.15) is 123 Å². The fraction of sp³-hybridized carbons (Fsp3) is 0.354. The van der Waals surface area contributed by atoms with Crippen molar-refractivity contribution in [2.24, 2.45) is 5.90 Å². The quantitative estimate of drug-likeness (QED) is 0.0156. The molecule has 0 aliphatic carbocycles. The summed E-state index contributed by atoms with van der Waals surface area (Å²) < 4.78 is 63.7. The molecule has 0 unspecified atom stereocenters. The summed E-state index contributed by atoms with van der Waals surface area (Å²) >= 11 is 11.5. The van der Waals surface area contributed by atoms with Crippen LogP contribution in [0.2, 0.25) is 0 Å². The molecule has 6 aromatic heterocycles. The zero-order valence-electron chi connectivity index (χ0n) is 63.9. The monoisotopic (exact) mass is 1690 g/mol. The van der Waals surface area contributed by atoms with Crippen molar-refractivity contribution >= 4 is 122 Å². The van der Waals surface area contributed by atoms with E-state index in [2.05, 4.69) is 66.5 Å². The standard InChI is InChI=1S/C19H21NO4S.C19H18NO4S.C18H20N2O4S.C10H11ClO2.C9H7NO2S.C2H3N.CH4O.CH4.B.2ClH.H3NO.Na.H/c2*1-22-19(21)17-10-14-5-6-20(12-18(14)25-17)11-13-3-4-15-16(9-13)24-8-2-7-23-15;21-18(19-22)16-9-13-4-5-20(11-17(13)25-16)10-12-2-3-14-15(8-12)24-7-1-6-23-14;11-7-8-2-3-9-10(6-8)13-5-1-4-12-9;1-12-9(11)7-4-6-2-3-10-5-8(6)13-7;1-2-3;1-2;;;;;1-2;;/h3-4,9-10H,2,5-8,11-12H2,1H3;3-6,9-10,12H,2,7-8,11H2,1H3;2-3,8-9,22H,1,4-7,10-11H2,(H,19,21);2-3,6H,1,4-5,7H2;2-5H,1H3;1H3;2H,1H3;1H4;;2*1H;2H,1H2;;/q;+1;;;;;;;;;;;+1;-1/p-1. The van der Waals surface area contributed by atoms with Crippen LogP contribution in [0, 0.1) is 11.3 Å². The topological polar surface area (TPSA) is 316 Å². The van der Waals surface area contributed by atoms with E-state index in [1.807, 2.05) is 85.1 Å². The average molecular weight is 1700 g/mol.